The predicted octanol–water partition coefficient (Wildman–Crippen LogP) is 3.97. The van der Waals surface area contributed by atoms with E-state index in [-0.39, 0.29) is 0 Å². The number of ether oxygens (including phenoxy) is 1. The maximum atomic E-state index is 5.40. The zero-order valence-corrected chi connectivity index (χ0v) is 15.4. The Bertz CT molecular complexity index is 1020. The molecule has 1 aliphatic heterocycles. The number of fused-ring (bicyclic) bond motifs is 2. The zero-order valence-electron chi connectivity index (χ0n) is 15.4. The number of hydrogen-bond donors (Lipinski definition) is 1. The summed E-state index contributed by atoms with van der Waals surface area (Å²) in [5.41, 5.74) is 4.33. The molecule has 2 aromatic heterocycles. The van der Waals surface area contributed by atoms with E-state index >= 15 is 0 Å². The van der Waals surface area contributed by atoms with E-state index in [1.165, 1.54) is 22.0 Å². The first-order valence-electron chi connectivity index (χ1n) is 9.46. The van der Waals surface area contributed by atoms with Gasteiger partial charge in [-0.25, -0.2) is 0 Å². The van der Waals surface area contributed by atoms with Gasteiger partial charge in [-0.15, -0.1) is 0 Å². The number of methoxy groups -OCH3 is 1. The molecule has 5 heteroatoms. The normalized spacial score (nSPS) is 20.9. The highest BCUT2D eigenvalue weighted by Gasteiger charge is 2.29. The van der Waals surface area contributed by atoms with Crippen molar-refractivity contribution < 1.29 is 4.74 Å². The van der Waals surface area contributed by atoms with Crippen LogP contribution in [-0.2, 0) is 17.7 Å². The molecule has 1 aliphatic carbocycles. The van der Waals surface area contributed by atoms with Gasteiger partial charge in [0.15, 0.2) is 5.84 Å². The number of nitrogens with zero attached hydrogens (tertiary/aromatic N) is 3. The van der Waals surface area contributed by atoms with Crippen LogP contribution in [0.1, 0.15) is 29.8 Å². The molecule has 1 aromatic carbocycles. The second-order valence-corrected chi connectivity index (χ2v) is 7.39. The maximum absolute atomic E-state index is 5.40. The number of anilines is 1. The summed E-state index contributed by atoms with van der Waals surface area (Å²) in [7, 11) is 1.80. The van der Waals surface area contributed by atoms with Crippen LogP contribution in [0.25, 0.3) is 10.8 Å². The highest BCUT2D eigenvalue weighted by Crippen LogP contribution is 2.34. The Kier molecular flexibility index (Phi) is 4.09. The van der Waals surface area contributed by atoms with E-state index < -0.39 is 0 Å². The van der Waals surface area contributed by atoms with Crippen LogP contribution in [0.2, 0.25) is 0 Å². The topological polar surface area (TPSA) is 59.4 Å². The Hall–Kier alpha value is -2.79. The van der Waals surface area contributed by atoms with Gasteiger partial charge in [0.25, 0.3) is 0 Å². The molecule has 1 saturated carbocycles. The van der Waals surface area contributed by atoms with E-state index in [1.807, 2.05) is 18.5 Å². The van der Waals surface area contributed by atoms with Crippen molar-refractivity contribution in [2.24, 2.45) is 10.9 Å². The summed E-state index contributed by atoms with van der Waals surface area (Å²) >= 11 is 0. The smallest absolute Gasteiger partial charge is 0.152 e. The molecule has 0 bridgehead atoms. The lowest BCUT2D eigenvalue weighted by Crippen LogP contribution is -2.31. The second-order valence-electron chi connectivity index (χ2n) is 7.39. The van der Waals surface area contributed by atoms with E-state index in [1.54, 1.807) is 7.11 Å². The van der Waals surface area contributed by atoms with E-state index in [0.29, 0.717) is 18.6 Å². The highest BCUT2D eigenvalue weighted by atomic mass is 16.5. The number of hydrogen-bond acceptors (Lipinski definition) is 5. The minimum Gasteiger partial charge on any atom is -0.381 e. The summed E-state index contributed by atoms with van der Waals surface area (Å²) < 4.78 is 5.40. The van der Waals surface area contributed by atoms with E-state index in [4.69, 9.17) is 4.74 Å². The molecule has 0 unspecified atom stereocenters. The largest absolute Gasteiger partial charge is 0.381 e. The van der Waals surface area contributed by atoms with Crippen LogP contribution in [-0.4, -0.2) is 29.0 Å². The zero-order chi connectivity index (χ0) is 18.2. The van der Waals surface area contributed by atoms with Crippen molar-refractivity contribution >= 4 is 22.3 Å². The van der Waals surface area contributed by atoms with Gasteiger partial charge in [0, 0.05) is 41.8 Å². The molecule has 5 nitrogen and oxygen atoms in total. The average Bonchev–Trinajstić information content (AvgIpc) is 3.07. The van der Waals surface area contributed by atoms with Crippen LogP contribution in [0.3, 0.4) is 0 Å². The van der Waals surface area contributed by atoms with E-state index in [2.05, 4.69) is 50.6 Å². The highest BCUT2D eigenvalue weighted by molar-refractivity contribution is 6.10. The van der Waals surface area contributed by atoms with Gasteiger partial charge in [0.1, 0.15) is 5.69 Å². The number of aromatic nitrogens is 2. The quantitative estimate of drug-likeness (QED) is 0.767. The van der Waals surface area contributed by atoms with Gasteiger partial charge in [-0.1, -0.05) is 12.1 Å². The Morgan fingerprint density at radius 3 is 2.93 bits per heavy atom. The molecule has 0 radical (unpaired) electrons. The molecule has 2 aliphatic rings. The predicted molar refractivity (Wildman–Crippen MR) is 107 cm³/mol. The minimum atomic E-state index is 0.435. The van der Waals surface area contributed by atoms with Gasteiger partial charge in [-0.3, -0.25) is 15.0 Å². The van der Waals surface area contributed by atoms with Crippen LogP contribution in [0.4, 0.5) is 5.69 Å². The second kappa shape index (κ2) is 6.74. The molecule has 0 spiro atoms. The third kappa shape index (κ3) is 3.08. The summed E-state index contributed by atoms with van der Waals surface area (Å²) in [6.07, 6.45) is 7.46. The van der Waals surface area contributed by atoms with Gasteiger partial charge >= 0.3 is 0 Å². The molecule has 0 saturated heterocycles. The van der Waals surface area contributed by atoms with Crippen LogP contribution in [0.15, 0.2) is 53.8 Å². The monoisotopic (exact) mass is 358 g/mol. The molecule has 27 heavy (non-hydrogen) atoms. The van der Waals surface area contributed by atoms with Crippen molar-refractivity contribution in [2.45, 2.75) is 31.9 Å². The number of benzene rings is 1. The molecule has 0 atom stereocenters. The van der Waals surface area contributed by atoms with Crippen LogP contribution in [0, 0.1) is 5.92 Å². The van der Waals surface area contributed by atoms with Crippen molar-refractivity contribution in [3.8, 4) is 0 Å². The number of nitrogens with one attached hydrogen (secondary N) is 1. The molecule has 1 fully saturated rings. The van der Waals surface area contributed by atoms with E-state index in [9.17, 15) is 0 Å². The van der Waals surface area contributed by atoms with Crippen LogP contribution in [0.5, 0.6) is 0 Å². The van der Waals surface area contributed by atoms with Crippen molar-refractivity contribution in [1.82, 2.24) is 9.97 Å². The lowest BCUT2D eigenvalue weighted by Gasteiger charge is -2.34. The number of pyridine rings is 2. The summed E-state index contributed by atoms with van der Waals surface area (Å²) in [5, 5.41) is 5.87. The van der Waals surface area contributed by atoms with Gasteiger partial charge in [-0.05, 0) is 54.8 Å². The minimum absolute atomic E-state index is 0.435. The molecular formula is C22H22N4O. The molecule has 0 amide bonds. The SMILES string of the molecule is COC1CC(Cc2nccc3cc(NC4=NCc5cccnc54)ccc23)C1. The fraction of sp³-hybridized carbons (Fsp3) is 0.318. The lowest BCUT2D eigenvalue weighted by atomic mass is 9.79. The fourth-order valence-corrected chi connectivity index (χ4v) is 4.04. The van der Waals surface area contributed by atoms with Gasteiger partial charge in [-0.2, -0.15) is 0 Å². The van der Waals surface area contributed by atoms with Gasteiger partial charge < -0.3 is 10.1 Å². The van der Waals surface area contributed by atoms with Crippen LogP contribution >= 0.6 is 0 Å². The maximum Gasteiger partial charge on any atom is 0.152 e. The van der Waals surface area contributed by atoms with Crippen molar-refractivity contribution in [2.75, 3.05) is 12.4 Å². The Labute approximate surface area is 158 Å². The van der Waals surface area contributed by atoms with Crippen molar-refractivity contribution in [3.05, 3.63) is 65.7 Å². The van der Waals surface area contributed by atoms with Crippen molar-refractivity contribution in [1.29, 1.82) is 0 Å². The Balaban J connectivity index is 1.37. The summed E-state index contributed by atoms with van der Waals surface area (Å²) in [4.78, 5) is 13.7. The first-order valence-corrected chi connectivity index (χ1v) is 9.46. The first kappa shape index (κ1) is 16.4. The molecule has 136 valence electrons. The Morgan fingerprint density at radius 2 is 2.04 bits per heavy atom. The third-order valence-corrected chi connectivity index (χ3v) is 5.64. The molecule has 3 aromatic rings. The molecule has 5 rings (SSSR count). The van der Waals surface area contributed by atoms with E-state index in [0.717, 1.165) is 36.5 Å². The van der Waals surface area contributed by atoms with Crippen LogP contribution < -0.4 is 5.32 Å². The summed E-state index contributed by atoms with van der Waals surface area (Å²) in [6, 6.07) is 12.6. The molecular weight excluding hydrogens is 336 g/mol. The molecule has 3 heterocycles. The number of amidine groups is 1. The Morgan fingerprint density at radius 1 is 1.11 bits per heavy atom. The summed E-state index contributed by atoms with van der Waals surface area (Å²) in [6.45, 7) is 0.691. The van der Waals surface area contributed by atoms with Gasteiger partial charge in [0.2, 0.25) is 0 Å². The number of aliphatic imine (C=N–C) groups is 1. The fourth-order valence-electron chi connectivity index (χ4n) is 4.04. The lowest BCUT2D eigenvalue weighted by molar-refractivity contribution is 0.00127. The van der Waals surface area contributed by atoms with Gasteiger partial charge in [0.05, 0.1) is 12.6 Å². The number of rotatable bonds is 4. The third-order valence-electron chi connectivity index (χ3n) is 5.64. The first-order chi connectivity index (χ1) is 13.3. The van der Waals surface area contributed by atoms with Crippen molar-refractivity contribution in [3.63, 3.8) is 0 Å². The molecule has 1 N–H and O–H groups in total. The average molecular weight is 358 g/mol. The summed E-state index contributed by atoms with van der Waals surface area (Å²) in [5.74, 6) is 1.53. The standard InChI is InChI=1S/C22H22N4O/c1-27-18-9-14(10-18)11-20-19-5-4-17(12-15(19)6-8-23-20)26-22-21-16(13-25-22)3-2-7-24-21/h2-8,12,14,18H,9-11,13H2,1H3,(H,25,26).